The Balaban J connectivity index is 0.000000235. The number of hydrogen-bond donors (Lipinski definition) is 0. The van der Waals surface area contributed by atoms with Crippen molar-refractivity contribution in [3.63, 3.8) is 0 Å². The van der Waals surface area contributed by atoms with E-state index in [4.69, 9.17) is 0 Å². The molecule has 174 valence electrons. The van der Waals surface area contributed by atoms with E-state index in [0.29, 0.717) is 0 Å². The number of thiazole rings is 1. The summed E-state index contributed by atoms with van der Waals surface area (Å²) in [5.74, 6) is 0. The van der Waals surface area contributed by atoms with Crippen LogP contribution >= 0.6 is 23.1 Å². The number of aryl methyl sites for hydroxylation is 2. The summed E-state index contributed by atoms with van der Waals surface area (Å²) in [7, 11) is 1.56. The lowest BCUT2D eigenvalue weighted by molar-refractivity contribution is -0.673. The van der Waals surface area contributed by atoms with Crippen molar-refractivity contribution in [1.82, 2.24) is 9.47 Å². The highest BCUT2D eigenvalue weighted by molar-refractivity contribution is 8.10. The van der Waals surface area contributed by atoms with Gasteiger partial charge < -0.3 is 14.0 Å². The smallest absolute Gasteiger partial charge is 0.271 e. The summed E-state index contributed by atoms with van der Waals surface area (Å²) < 4.78 is 36.7. The first-order valence-electron chi connectivity index (χ1n) is 9.95. The van der Waals surface area contributed by atoms with Crippen molar-refractivity contribution >= 4 is 44.3 Å². The summed E-state index contributed by atoms with van der Waals surface area (Å²) in [4.78, 5) is 14.5. The number of hydrogen-bond acceptors (Lipinski definition) is 7. The molecule has 0 saturated carbocycles. The summed E-state index contributed by atoms with van der Waals surface area (Å²) in [6, 6.07) is 11.8. The monoisotopic (exact) mass is 503 g/mol. The van der Waals surface area contributed by atoms with Crippen molar-refractivity contribution in [2.24, 2.45) is 14.1 Å². The van der Waals surface area contributed by atoms with Crippen molar-refractivity contribution in [1.29, 1.82) is 0 Å². The quantitative estimate of drug-likeness (QED) is 0.390. The molecule has 0 radical (unpaired) electrons. The largest absolute Gasteiger partial charge is 0.744 e. The minimum absolute atomic E-state index is 0.0623. The first-order chi connectivity index (χ1) is 15.5. The molecule has 3 heterocycles. The molecule has 0 saturated heterocycles. The number of pyridine rings is 1. The second-order valence-electron chi connectivity index (χ2n) is 7.52. The molecule has 4 rings (SSSR count). The van der Waals surface area contributed by atoms with E-state index >= 15 is 0 Å². The normalized spacial score (nSPS) is 15.9. The molecule has 0 fully saturated rings. The van der Waals surface area contributed by atoms with E-state index in [0.717, 1.165) is 31.2 Å². The summed E-state index contributed by atoms with van der Waals surface area (Å²) in [6.45, 7) is 3.87. The van der Waals surface area contributed by atoms with E-state index in [1.54, 1.807) is 39.8 Å². The van der Waals surface area contributed by atoms with E-state index in [1.807, 2.05) is 57.0 Å². The lowest BCUT2D eigenvalue weighted by atomic mass is 10.2. The van der Waals surface area contributed by atoms with E-state index < -0.39 is 10.1 Å². The Kier molecular flexibility index (Phi) is 7.63. The van der Waals surface area contributed by atoms with Gasteiger partial charge in [0.25, 0.3) is 5.56 Å². The molecule has 0 aliphatic carbocycles. The number of nitrogens with zero attached hydrogens (tertiary/aromatic N) is 3. The Morgan fingerprint density at radius 3 is 2.27 bits per heavy atom. The molecular formula is C23H25N3O4S3. The van der Waals surface area contributed by atoms with Gasteiger partial charge in [-0.3, -0.25) is 4.79 Å². The van der Waals surface area contributed by atoms with Crippen LogP contribution in [0.2, 0.25) is 0 Å². The molecule has 0 amide bonds. The van der Waals surface area contributed by atoms with Crippen LogP contribution < -0.4 is 19.3 Å². The second kappa shape index (κ2) is 10.1. The Bertz CT molecular complexity index is 1480. The third-order valence-corrected chi connectivity index (χ3v) is 8.39. The van der Waals surface area contributed by atoms with Crippen LogP contribution in [0, 0.1) is 6.92 Å². The van der Waals surface area contributed by atoms with Crippen LogP contribution in [0.3, 0.4) is 0 Å². The van der Waals surface area contributed by atoms with E-state index in [-0.39, 0.29) is 10.5 Å². The fourth-order valence-corrected chi connectivity index (χ4v) is 5.65. The second-order valence-corrected chi connectivity index (χ2v) is 10.8. The zero-order valence-corrected chi connectivity index (χ0v) is 21.4. The fraction of sp³-hybridized carbons (Fsp3) is 0.217. The molecule has 7 nitrogen and oxygen atoms in total. The molecule has 0 atom stereocenters. The molecule has 33 heavy (non-hydrogen) atoms. The zero-order valence-electron chi connectivity index (χ0n) is 19.0. The van der Waals surface area contributed by atoms with Crippen molar-refractivity contribution in [3.8, 4) is 0 Å². The van der Waals surface area contributed by atoms with Gasteiger partial charge in [0.1, 0.15) is 31.4 Å². The van der Waals surface area contributed by atoms with Gasteiger partial charge in [-0.2, -0.15) is 0 Å². The standard InChI is InChI=1S/C16H18N3OS2.C7H8O3S/c1-11-10-21-16(18(11)3)14-15(20)19(4)13(22-14)9-12-7-5-6-8-17(12)2;1-6-2-4-7(5-3-6)11(8,9)10/h5-10H,1-4H3;2-5H,1H3,(H,8,9,10)/q+1;/p-1/b16-14+;. The number of aromatic nitrogens is 2. The van der Waals surface area contributed by atoms with Gasteiger partial charge in [-0.1, -0.05) is 29.5 Å². The number of allylic oxidation sites excluding steroid dienone is 1. The molecule has 3 aromatic rings. The molecular weight excluding hydrogens is 478 g/mol. The summed E-state index contributed by atoms with van der Waals surface area (Å²) in [5, 5.41) is 3.09. The van der Waals surface area contributed by atoms with Crippen LogP contribution in [0.4, 0.5) is 0 Å². The molecule has 1 aliphatic rings. The van der Waals surface area contributed by atoms with Gasteiger partial charge in [0.15, 0.2) is 6.20 Å². The molecule has 10 heteroatoms. The average Bonchev–Trinajstić information content (AvgIpc) is 3.23. The van der Waals surface area contributed by atoms with Gasteiger partial charge in [-0.15, -0.1) is 11.3 Å². The fourth-order valence-electron chi connectivity index (χ4n) is 2.91. The van der Waals surface area contributed by atoms with E-state index in [2.05, 4.69) is 23.3 Å². The minimum Gasteiger partial charge on any atom is -0.744 e. The van der Waals surface area contributed by atoms with E-state index in [1.165, 1.54) is 12.1 Å². The first-order valence-corrected chi connectivity index (χ1v) is 13.1. The maximum atomic E-state index is 12.6. The topological polar surface area (TPSA) is 86.3 Å². The molecule has 1 aromatic carbocycles. The van der Waals surface area contributed by atoms with Crippen LogP contribution in [0.15, 0.2) is 69.5 Å². The van der Waals surface area contributed by atoms with Gasteiger partial charge in [-0.25, -0.2) is 13.0 Å². The van der Waals surface area contributed by atoms with Gasteiger partial charge in [0.2, 0.25) is 5.69 Å². The Labute approximate surface area is 201 Å². The van der Waals surface area contributed by atoms with Crippen LogP contribution in [0.25, 0.3) is 11.1 Å². The van der Waals surface area contributed by atoms with Crippen molar-refractivity contribution in [2.75, 3.05) is 7.05 Å². The molecule has 0 unspecified atom stereocenters. The Morgan fingerprint density at radius 2 is 1.73 bits per heavy atom. The van der Waals surface area contributed by atoms with Crippen LogP contribution in [-0.2, 0) is 24.2 Å². The highest BCUT2D eigenvalue weighted by Crippen LogP contribution is 2.32. The molecule has 2 aromatic heterocycles. The van der Waals surface area contributed by atoms with E-state index in [9.17, 15) is 17.8 Å². The molecule has 1 aliphatic heterocycles. The first kappa shape index (κ1) is 25.0. The maximum Gasteiger partial charge on any atom is 0.271 e. The maximum absolute atomic E-state index is 12.6. The molecule has 0 N–H and O–H groups in total. The van der Waals surface area contributed by atoms with Crippen molar-refractivity contribution in [2.45, 2.75) is 18.7 Å². The van der Waals surface area contributed by atoms with Gasteiger partial charge in [0, 0.05) is 38.0 Å². The Hall–Kier alpha value is -2.66. The van der Waals surface area contributed by atoms with Crippen molar-refractivity contribution < 1.29 is 17.5 Å². The SMILES string of the molecule is CC1=CS/C(=c2/s/c(=C\c3cccc[n+]3C)n(C)c2=O)N1C.Cc1ccc(S(=O)(=O)[O-])cc1. The van der Waals surface area contributed by atoms with Crippen LogP contribution in [-0.4, -0.2) is 29.5 Å². The molecule has 0 bridgehead atoms. The number of thioether (sulfide) groups is 1. The minimum atomic E-state index is -4.27. The predicted octanol–water partition coefficient (Wildman–Crippen LogP) is 1.60. The Morgan fingerprint density at radius 1 is 1.06 bits per heavy atom. The lowest BCUT2D eigenvalue weighted by Gasteiger charge is -2.12. The predicted molar refractivity (Wildman–Crippen MR) is 132 cm³/mol. The summed E-state index contributed by atoms with van der Waals surface area (Å²) in [6.07, 6.45) is 4.05. The van der Waals surface area contributed by atoms with Gasteiger partial charge in [-0.05, 0) is 37.5 Å². The number of rotatable bonds is 2. The van der Waals surface area contributed by atoms with Crippen LogP contribution in [0.5, 0.6) is 0 Å². The van der Waals surface area contributed by atoms with Gasteiger partial charge in [0.05, 0.1) is 4.90 Å². The van der Waals surface area contributed by atoms with Crippen LogP contribution in [0.1, 0.15) is 18.2 Å². The zero-order chi connectivity index (χ0) is 24.3. The summed E-state index contributed by atoms with van der Waals surface area (Å²) in [5.41, 5.74) is 3.22. The van der Waals surface area contributed by atoms with Crippen molar-refractivity contribution in [3.05, 3.63) is 90.6 Å². The average molecular weight is 504 g/mol. The highest BCUT2D eigenvalue weighted by atomic mass is 32.2. The third-order valence-electron chi connectivity index (χ3n) is 5.08. The summed E-state index contributed by atoms with van der Waals surface area (Å²) >= 11 is 3.16. The highest BCUT2D eigenvalue weighted by Gasteiger charge is 2.17. The lowest BCUT2D eigenvalue weighted by Crippen LogP contribution is -2.33. The van der Waals surface area contributed by atoms with Gasteiger partial charge >= 0.3 is 0 Å². The molecule has 0 spiro atoms. The third kappa shape index (κ3) is 5.83. The number of benzene rings is 1.